The lowest BCUT2D eigenvalue weighted by Gasteiger charge is -2.33. The van der Waals surface area contributed by atoms with Crippen LogP contribution in [0.2, 0.25) is 0 Å². The quantitative estimate of drug-likeness (QED) is 0.480. The Hall–Kier alpha value is -2.65. The number of hydrogen-bond acceptors (Lipinski definition) is 7. The smallest absolute Gasteiger partial charge is 0.239 e. The fraction of sp³-hybridized carbons (Fsp3) is 0.577. The van der Waals surface area contributed by atoms with Gasteiger partial charge in [-0.1, -0.05) is 47.6 Å². The number of carbonyl (C=O) groups is 1. The highest BCUT2D eigenvalue weighted by molar-refractivity contribution is 7.20. The van der Waals surface area contributed by atoms with E-state index in [1.807, 2.05) is 16.5 Å². The number of fused-ring (bicyclic) bond motifs is 1. The molecule has 0 bridgehead atoms. The van der Waals surface area contributed by atoms with Crippen LogP contribution in [0.5, 0.6) is 0 Å². The number of anilines is 2. The van der Waals surface area contributed by atoms with Crippen LogP contribution in [0.15, 0.2) is 24.3 Å². The summed E-state index contributed by atoms with van der Waals surface area (Å²) in [6.45, 7) is 13.7. The van der Waals surface area contributed by atoms with Crippen LogP contribution in [0.25, 0.3) is 16.2 Å². The summed E-state index contributed by atoms with van der Waals surface area (Å²) in [4.78, 5) is 22.7. The van der Waals surface area contributed by atoms with E-state index >= 15 is 0 Å². The SMILES string of the molecule is Cc1ccc(-c2nc3sc(N(C)CC(=O)NCCN4CCCCC4C)nn3c2NC(C)(C)C)cc1. The van der Waals surface area contributed by atoms with Crippen molar-refractivity contribution in [1.29, 1.82) is 0 Å². The second kappa shape index (κ2) is 10.5. The zero-order chi connectivity index (χ0) is 25.2. The second-order valence-electron chi connectivity index (χ2n) is 10.7. The van der Waals surface area contributed by atoms with Crippen molar-refractivity contribution in [1.82, 2.24) is 24.8 Å². The maximum Gasteiger partial charge on any atom is 0.239 e. The molecule has 2 N–H and O–H groups in total. The Labute approximate surface area is 212 Å². The third kappa shape index (κ3) is 6.32. The molecule has 1 aliphatic rings. The van der Waals surface area contributed by atoms with E-state index in [1.54, 1.807) is 0 Å². The molecule has 8 nitrogen and oxygen atoms in total. The molecule has 3 heterocycles. The van der Waals surface area contributed by atoms with Crippen LogP contribution in [0.1, 0.15) is 52.5 Å². The third-order valence-corrected chi connectivity index (χ3v) is 7.40. The molecule has 3 aromatic rings. The highest BCUT2D eigenvalue weighted by atomic mass is 32.1. The molecular formula is C26H39N7OS. The number of piperidine rings is 1. The van der Waals surface area contributed by atoms with Crippen molar-refractivity contribution in [3.8, 4) is 11.3 Å². The number of benzene rings is 1. The Morgan fingerprint density at radius 1 is 1.23 bits per heavy atom. The maximum absolute atomic E-state index is 12.6. The lowest BCUT2D eigenvalue weighted by Crippen LogP contribution is -2.44. The highest BCUT2D eigenvalue weighted by Crippen LogP contribution is 2.34. The van der Waals surface area contributed by atoms with Crippen molar-refractivity contribution in [3.05, 3.63) is 29.8 Å². The molecule has 190 valence electrons. The van der Waals surface area contributed by atoms with E-state index in [9.17, 15) is 4.79 Å². The first-order chi connectivity index (χ1) is 16.6. The van der Waals surface area contributed by atoms with Crippen LogP contribution in [0, 0.1) is 6.92 Å². The molecule has 35 heavy (non-hydrogen) atoms. The molecule has 1 unspecified atom stereocenters. The molecule has 1 fully saturated rings. The normalized spacial score (nSPS) is 17.0. The van der Waals surface area contributed by atoms with E-state index in [0.717, 1.165) is 40.3 Å². The summed E-state index contributed by atoms with van der Waals surface area (Å²) in [5.41, 5.74) is 3.00. The number of carbonyl (C=O) groups excluding carboxylic acids is 1. The first kappa shape index (κ1) is 25.4. The molecular weight excluding hydrogens is 458 g/mol. The number of nitrogens with one attached hydrogen (secondary N) is 2. The first-order valence-electron chi connectivity index (χ1n) is 12.6. The summed E-state index contributed by atoms with van der Waals surface area (Å²) in [5, 5.41) is 12.2. The lowest BCUT2D eigenvalue weighted by atomic mass is 10.0. The topological polar surface area (TPSA) is 77.8 Å². The van der Waals surface area contributed by atoms with Crippen LogP contribution in [0.3, 0.4) is 0 Å². The van der Waals surface area contributed by atoms with Gasteiger partial charge in [-0.05, 0) is 54.0 Å². The summed E-state index contributed by atoms with van der Waals surface area (Å²) in [5.74, 6) is 0.880. The van der Waals surface area contributed by atoms with E-state index in [0.29, 0.717) is 12.6 Å². The van der Waals surface area contributed by atoms with Gasteiger partial charge in [-0.3, -0.25) is 9.69 Å². The summed E-state index contributed by atoms with van der Waals surface area (Å²) in [6, 6.07) is 8.99. The first-order valence-corrected chi connectivity index (χ1v) is 13.4. The standard InChI is InChI=1S/C26H39N7OS/c1-18-10-12-20(13-11-18)22-23(29-26(3,4)5)33-24(28-22)35-25(30-33)31(6)17-21(34)27-14-16-32-15-8-7-9-19(32)2/h10-13,19,29H,7-9,14-17H2,1-6H3,(H,27,34). The summed E-state index contributed by atoms with van der Waals surface area (Å²) in [7, 11) is 1.91. The fourth-order valence-corrected chi connectivity index (χ4v) is 5.30. The predicted octanol–water partition coefficient (Wildman–Crippen LogP) is 4.40. The van der Waals surface area contributed by atoms with Gasteiger partial charge in [-0.15, -0.1) is 5.10 Å². The number of imidazole rings is 1. The van der Waals surface area contributed by atoms with Gasteiger partial charge < -0.3 is 15.5 Å². The van der Waals surface area contributed by atoms with Crippen molar-refractivity contribution in [3.63, 3.8) is 0 Å². The van der Waals surface area contributed by atoms with E-state index in [1.165, 1.54) is 36.2 Å². The van der Waals surface area contributed by atoms with E-state index in [2.05, 4.69) is 74.4 Å². The molecule has 1 aromatic carbocycles. The molecule has 0 spiro atoms. The highest BCUT2D eigenvalue weighted by Gasteiger charge is 2.23. The number of likely N-dealkylation sites (N-methyl/N-ethyl adjacent to an activating group) is 1. The Balaban J connectivity index is 1.45. The van der Waals surface area contributed by atoms with Gasteiger partial charge >= 0.3 is 0 Å². The fourth-order valence-electron chi connectivity index (χ4n) is 4.44. The van der Waals surface area contributed by atoms with Crippen LogP contribution in [-0.2, 0) is 4.79 Å². The summed E-state index contributed by atoms with van der Waals surface area (Å²) in [6.07, 6.45) is 3.82. The van der Waals surface area contributed by atoms with Crippen LogP contribution < -0.4 is 15.5 Å². The molecule has 4 rings (SSSR count). The molecule has 0 saturated carbocycles. The molecule has 0 radical (unpaired) electrons. The van der Waals surface area contributed by atoms with Gasteiger partial charge in [-0.2, -0.15) is 4.52 Å². The van der Waals surface area contributed by atoms with Crippen molar-refractivity contribution in [2.24, 2.45) is 0 Å². The van der Waals surface area contributed by atoms with Crippen LogP contribution >= 0.6 is 11.3 Å². The minimum atomic E-state index is -0.156. The van der Waals surface area contributed by atoms with Crippen molar-refractivity contribution in [2.75, 3.05) is 43.4 Å². The minimum absolute atomic E-state index is 0.0124. The number of amides is 1. The van der Waals surface area contributed by atoms with Gasteiger partial charge in [0.2, 0.25) is 16.0 Å². The van der Waals surface area contributed by atoms with Crippen molar-refractivity contribution >= 4 is 33.2 Å². The third-order valence-electron chi connectivity index (χ3n) is 6.38. The number of rotatable bonds is 8. The number of nitrogens with zero attached hydrogens (tertiary/aromatic N) is 5. The zero-order valence-corrected chi connectivity index (χ0v) is 22.7. The van der Waals surface area contributed by atoms with Crippen LogP contribution in [-0.4, -0.2) is 70.2 Å². The van der Waals surface area contributed by atoms with E-state index in [4.69, 9.17) is 10.1 Å². The molecule has 0 aliphatic carbocycles. The van der Waals surface area contributed by atoms with Gasteiger partial charge in [0, 0.05) is 37.3 Å². The Bertz CT molecular complexity index is 1150. The van der Waals surface area contributed by atoms with Crippen LogP contribution in [0.4, 0.5) is 10.9 Å². The Morgan fingerprint density at radius 2 is 1.97 bits per heavy atom. The van der Waals surface area contributed by atoms with E-state index in [-0.39, 0.29) is 18.0 Å². The Morgan fingerprint density at radius 3 is 2.66 bits per heavy atom. The maximum atomic E-state index is 12.6. The second-order valence-corrected chi connectivity index (χ2v) is 11.7. The van der Waals surface area contributed by atoms with Crippen molar-refractivity contribution in [2.45, 2.75) is 65.5 Å². The summed E-state index contributed by atoms with van der Waals surface area (Å²) < 4.78 is 1.87. The van der Waals surface area contributed by atoms with E-state index < -0.39 is 0 Å². The molecule has 9 heteroatoms. The molecule has 1 atom stereocenters. The zero-order valence-electron chi connectivity index (χ0n) is 21.9. The number of hydrogen-bond donors (Lipinski definition) is 2. The number of likely N-dealkylation sites (tertiary alicyclic amines) is 1. The van der Waals surface area contributed by atoms with Gasteiger partial charge in [-0.25, -0.2) is 4.98 Å². The largest absolute Gasteiger partial charge is 0.364 e. The molecule has 1 amide bonds. The number of aryl methyl sites for hydroxylation is 1. The Kier molecular flexibility index (Phi) is 7.66. The minimum Gasteiger partial charge on any atom is -0.364 e. The summed E-state index contributed by atoms with van der Waals surface area (Å²) >= 11 is 1.49. The molecule has 1 aliphatic heterocycles. The van der Waals surface area contributed by atoms with Gasteiger partial charge in [0.05, 0.1) is 6.54 Å². The lowest BCUT2D eigenvalue weighted by molar-refractivity contribution is -0.119. The monoisotopic (exact) mass is 497 g/mol. The average Bonchev–Trinajstić information content (AvgIpc) is 3.34. The van der Waals surface area contributed by atoms with Gasteiger partial charge in [0.25, 0.3) is 0 Å². The molecule has 1 saturated heterocycles. The molecule has 2 aromatic heterocycles. The van der Waals surface area contributed by atoms with Gasteiger partial charge in [0.1, 0.15) is 5.69 Å². The average molecular weight is 498 g/mol. The van der Waals surface area contributed by atoms with Crippen molar-refractivity contribution < 1.29 is 4.79 Å². The number of aromatic nitrogens is 3. The van der Waals surface area contributed by atoms with Gasteiger partial charge in [0.15, 0.2) is 5.82 Å². The predicted molar refractivity (Wildman–Crippen MR) is 146 cm³/mol.